The minimum absolute atomic E-state index is 0.317. The minimum Gasteiger partial charge on any atom is -0.453 e. The lowest BCUT2D eigenvalue weighted by atomic mass is 10.1. The highest BCUT2D eigenvalue weighted by Gasteiger charge is 2.27. The number of amides is 1. The largest absolute Gasteiger partial charge is 0.453 e. The standard InChI is InChI=1S/C12H17ClN2O2/c1-12(2,3)15(11(16)17-4)8-9-5-6-14-10(13)7-9/h5-7H,8H2,1-4H3. The third-order valence-corrected chi connectivity index (χ3v) is 2.54. The number of nitrogens with zero attached hydrogens (tertiary/aromatic N) is 2. The molecule has 0 aromatic carbocycles. The molecule has 1 aromatic rings. The van der Waals surface area contributed by atoms with Crippen LogP contribution in [0.2, 0.25) is 5.15 Å². The van der Waals surface area contributed by atoms with Crippen LogP contribution in [0.25, 0.3) is 0 Å². The van der Waals surface area contributed by atoms with Gasteiger partial charge in [0, 0.05) is 18.3 Å². The molecule has 0 aliphatic carbocycles. The molecule has 0 N–H and O–H groups in total. The van der Waals surface area contributed by atoms with Crippen LogP contribution < -0.4 is 0 Å². The molecule has 5 heteroatoms. The lowest BCUT2D eigenvalue weighted by Gasteiger charge is -2.34. The Morgan fingerprint density at radius 3 is 2.65 bits per heavy atom. The van der Waals surface area contributed by atoms with E-state index in [1.807, 2.05) is 26.8 Å². The van der Waals surface area contributed by atoms with Gasteiger partial charge in [0.1, 0.15) is 5.15 Å². The van der Waals surface area contributed by atoms with Crippen molar-refractivity contribution in [3.8, 4) is 0 Å². The summed E-state index contributed by atoms with van der Waals surface area (Å²) in [6.45, 7) is 6.30. The van der Waals surface area contributed by atoms with Crippen molar-refractivity contribution in [3.63, 3.8) is 0 Å². The molecule has 1 rings (SSSR count). The lowest BCUT2D eigenvalue weighted by Crippen LogP contribution is -2.44. The van der Waals surface area contributed by atoms with Crippen LogP contribution in [0.5, 0.6) is 0 Å². The number of aromatic nitrogens is 1. The van der Waals surface area contributed by atoms with Crippen molar-refractivity contribution in [2.45, 2.75) is 32.9 Å². The zero-order chi connectivity index (χ0) is 13.1. The van der Waals surface area contributed by atoms with Crippen LogP contribution in [0.3, 0.4) is 0 Å². The molecule has 94 valence electrons. The van der Waals surface area contributed by atoms with Gasteiger partial charge in [-0.1, -0.05) is 11.6 Å². The van der Waals surface area contributed by atoms with Crippen molar-refractivity contribution >= 4 is 17.7 Å². The molecule has 0 unspecified atom stereocenters. The maximum atomic E-state index is 11.7. The molecule has 0 fully saturated rings. The molecule has 1 amide bonds. The number of halogens is 1. The lowest BCUT2D eigenvalue weighted by molar-refractivity contribution is 0.0793. The van der Waals surface area contributed by atoms with E-state index in [0.29, 0.717) is 11.7 Å². The van der Waals surface area contributed by atoms with Crippen LogP contribution in [0.15, 0.2) is 18.3 Å². The molecule has 0 atom stereocenters. The van der Waals surface area contributed by atoms with Gasteiger partial charge in [0.05, 0.1) is 7.11 Å². The number of hydrogen-bond acceptors (Lipinski definition) is 3. The number of hydrogen-bond donors (Lipinski definition) is 0. The number of ether oxygens (including phenoxy) is 1. The van der Waals surface area contributed by atoms with Gasteiger partial charge < -0.3 is 4.74 Å². The third kappa shape index (κ3) is 3.89. The Balaban J connectivity index is 2.91. The molecule has 1 heterocycles. The highest BCUT2D eigenvalue weighted by molar-refractivity contribution is 6.29. The highest BCUT2D eigenvalue weighted by Crippen LogP contribution is 2.19. The summed E-state index contributed by atoms with van der Waals surface area (Å²) in [6, 6.07) is 3.57. The van der Waals surface area contributed by atoms with Gasteiger partial charge in [0.25, 0.3) is 0 Å². The first kappa shape index (κ1) is 13.8. The summed E-state index contributed by atoms with van der Waals surface area (Å²) in [5.74, 6) is 0. The van der Waals surface area contributed by atoms with E-state index >= 15 is 0 Å². The van der Waals surface area contributed by atoms with Gasteiger partial charge in [-0.3, -0.25) is 4.90 Å². The topological polar surface area (TPSA) is 42.4 Å². The summed E-state index contributed by atoms with van der Waals surface area (Å²) in [5.41, 5.74) is 0.605. The first-order chi connectivity index (χ1) is 7.84. The summed E-state index contributed by atoms with van der Waals surface area (Å²) in [7, 11) is 1.38. The summed E-state index contributed by atoms with van der Waals surface area (Å²) in [4.78, 5) is 17.2. The zero-order valence-corrected chi connectivity index (χ0v) is 11.3. The fourth-order valence-electron chi connectivity index (χ4n) is 1.41. The van der Waals surface area contributed by atoms with E-state index in [1.165, 1.54) is 7.11 Å². The van der Waals surface area contributed by atoms with Gasteiger partial charge in [0.15, 0.2) is 0 Å². The van der Waals surface area contributed by atoms with Crippen molar-refractivity contribution < 1.29 is 9.53 Å². The minimum atomic E-state index is -0.356. The fraction of sp³-hybridized carbons (Fsp3) is 0.500. The van der Waals surface area contributed by atoms with Gasteiger partial charge in [-0.2, -0.15) is 0 Å². The maximum absolute atomic E-state index is 11.7. The van der Waals surface area contributed by atoms with Crippen molar-refractivity contribution in [2.75, 3.05) is 7.11 Å². The second kappa shape index (κ2) is 5.36. The summed E-state index contributed by atoms with van der Waals surface area (Å²) < 4.78 is 4.78. The Kier molecular flexibility index (Phi) is 4.34. The van der Waals surface area contributed by atoms with E-state index in [0.717, 1.165) is 5.56 Å². The Hall–Kier alpha value is -1.29. The van der Waals surface area contributed by atoms with Gasteiger partial charge >= 0.3 is 6.09 Å². The van der Waals surface area contributed by atoms with Crippen LogP contribution >= 0.6 is 11.6 Å². The number of carbonyl (C=O) groups excluding carboxylic acids is 1. The van der Waals surface area contributed by atoms with E-state index < -0.39 is 0 Å². The van der Waals surface area contributed by atoms with Crippen molar-refractivity contribution in [1.29, 1.82) is 0 Å². The highest BCUT2D eigenvalue weighted by atomic mass is 35.5. The summed E-state index contributed by atoms with van der Waals surface area (Å²) in [6.07, 6.45) is 1.26. The zero-order valence-electron chi connectivity index (χ0n) is 10.5. The number of carbonyl (C=O) groups is 1. The van der Waals surface area contributed by atoms with Gasteiger partial charge in [-0.15, -0.1) is 0 Å². The van der Waals surface area contributed by atoms with Crippen molar-refractivity contribution in [1.82, 2.24) is 9.88 Å². The second-order valence-corrected chi connectivity index (χ2v) is 5.10. The van der Waals surface area contributed by atoms with E-state index in [-0.39, 0.29) is 11.6 Å². The third-order valence-electron chi connectivity index (χ3n) is 2.34. The molecule has 17 heavy (non-hydrogen) atoms. The molecule has 0 radical (unpaired) electrons. The molecule has 0 spiro atoms. The average molecular weight is 257 g/mol. The SMILES string of the molecule is COC(=O)N(Cc1ccnc(Cl)c1)C(C)(C)C. The maximum Gasteiger partial charge on any atom is 0.410 e. The van der Waals surface area contributed by atoms with E-state index in [1.54, 1.807) is 17.2 Å². The van der Waals surface area contributed by atoms with E-state index in [2.05, 4.69) is 4.98 Å². The number of methoxy groups -OCH3 is 1. The Labute approximate surface area is 107 Å². The monoisotopic (exact) mass is 256 g/mol. The summed E-state index contributed by atoms with van der Waals surface area (Å²) >= 11 is 5.81. The average Bonchev–Trinajstić information content (AvgIpc) is 2.23. The van der Waals surface area contributed by atoms with Gasteiger partial charge in [-0.05, 0) is 38.5 Å². The normalized spacial score (nSPS) is 11.1. The Morgan fingerprint density at radius 1 is 1.53 bits per heavy atom. The molecule has 0 aliphatic rings. The van der Waals surface area contributed by atoms with Gasteiger partial charge in [0.2, 0.25) is 0 Å². The van der Waals surface area contributed by atoms with Crippen LogP contribution in [-0.2, 0) is 11.3 Å². The van der Waals surface area contributed by atoms with Gasteiger partial charge in [-0.25, -0.2) is 9.78 Å². The Bertz CT molecular complexity index is 402. The van der Waals surface area contributed by atoms with Crippen LogP contribution in [0, 0.1) is 0 Å². The van der Waals surface area contributed by atoms with Crippen LogP contribution in [-0.4, -0.2) is 28.6 Å². The summed E-state index contributed by atoms with van der Waals surface area (Å²) in [5, 5.41) is 0.418. The first-order valence-corrected chi connectivity index (χ1v) is 5.68. The van der Waals surface area contributed by atoms with Crippen molar-refractivity contribution in [3.05, 3.63) is 29.0 Å². The predicted octanol–water partition coefficient (Wildman–Crippen LogP) is 3.10. The number of pyridine rings is 1. The molecular formula is C12H17ClN2O2. The molecule has 0 saturated carbocycles. The fourth-order valence-corrected chi connectivity index (χ4v) is 1.61. The molecular weight excluding hydrogens is 240 g/mol. The molecule has 0 saturated heterocycles. The number of rotatable bonds is 2. The van der Waals surface area contributed by atoms with Crippen LogP contribution in [0.4, 0.5) is 4.79 Å². The van der Waals surface area contributed by atoms with E-state index in [4.69, 9.17) is 16.3 Å². The van der Waals surface area contributed by atoms with Crippen molar-refractivity contribution in [2.24, 2.45) is 0 Å². The quantitative estimate of drug-likeness (QED) is 0.764. The first-order valence-electron chi connectivity index (χ1n) is 5.30. The Morgan fingerprint density at radius 2 is 2.18 bits per heavy atom. The molecule has 0 aliphatic heterocycles. The van der Waals surface area contributed by atoms with E-state index in [9.17, 15) is 4.79 Å². The van der Waals surface area contributed by atoms with Crippen LogP contribution in [0.1, 0.15) is 26.3 Å². The predicted molar refractivity (Wildman–Crippen MR) is 66.9 cm³/mol. The second-order valence-electron chi connectivity index (χ2n) is 4.71. The molecule has 0 bridgehead atoms. The molecule has 1 aromatic heterocycles. The molecule has 4 nitrogen and oxygen atoms in total. The smallest absolute Gasteiger partial charge is 0.410 e.